The van der Waals surface area contributed by atoms with Crippen LogP contribution in [0, 0.1) is 0 Å². The molecule has 3 rings (SSSR count). The molecule has 2 aromatic carbocycles. The van der Waals surface area contributed by atoms with Crippen molar-refractivity contribution in [1.82, 2.24) is 0 Å². The average molecular weight is 454 g/mol. The van der Waals surface area contributed by atoms with E-state index in [9.17, 15) is 13.2 Å². The maximum absolute atomic E-state index is 12.8. The monoisotopic (exact) mass is 453 g/mol. The summed E-state index contributed by atoms with van der Waals surface area (Å²) < 4.78 is 33.7. The molecule has 0 fully saturated rings. The Hall–Kier alpha value is -2.13. The van der Waals surface area contributed by atoms with Gasteiger partial charge in [0.15, 0.2) is 5.50 Å². The van der Waals surface area contributed by atoms with Crippen molar-refractivity contribution in [3.63, 3.8) is 0 Å². The summed E-state index contributed by atoms with van der Waals surface area (Å²) in [4.78, 5) is 12.8. The third-order valence-electron chi connectivity index (χ3n) is 4.12. The van der Waals surface area contributed by atoms with E-state index >= 15 is 0 Å². The van der Waals surface area contributed by atoms with E-state index in [0.29, 0.717) is 4.47 Å². The molecule has 1 atom stereocenters. The first-order valence-electron chi connectivity index (χ1n) is 7.85. The van der Waals surface area contributed by atoms with E-state index < -0.39 is 37.6 Å². The van der Waals surface area contributed by atoms with Crippen molar-refractivity contribution < 1.29 is 22.1 Å². The van der Waals surface area contributed by atoms with Gasteiger partial charge in [-0.05, 0) is 23.3 Å². The molecule has 0 amide bonds. The quantitative estimate of drug-likeness (QED) is 0.536. The smallest absolute Gasteiger partial charge is 0.302 e. The number of rotatable bonds is 5. The highest BCUT2D eigenvalue weighted by Gasteiger charge is 2.50. The lowest BCUT2D eigenvalue weighted by Crippen LogP contribution is -2.40. The van der Waals surface area contributed by atoms with Gasteiger partial charge in [-0.2, -0.15) is 8.42 Å². The molecule has 1 aliphatic heterocycles. The summed E-state index contributed by atoms with van der Waals surface area (Å²) in [6, 6.07) is 13.9. The van der Waals surface area contributed by atoms with E-state index in [2.05, 4.69) is 15.9 Å². The van der Waals surface area contributed by atoms with Crippen molar-refractivity contribution in [2.75, 3.05) is 0 Å². The molecule has 1 aliphatic rings. The summed E-state index contributed by atoms with van der Waals surface area (Å²) >= 11 is 3.26. The van der Waals surface area contributed by atoms with Crippen LogP contribution in [0.1, 0.15) is 11.1 Å². The Morgan fingerprint density at radius 2 is 1.75 bits per heavy atom. The summed E-state index contributed by atoms with van der Waals surface area (Å²) in [5, 5.41) is 0. The van der Waals surface area contributed by atoms with Gasteiger partial charge in [0.2, 0.25) is 17.4 Å². The molecule has 2 N–H and O–H groups in total. The van der Waals surface area contributed by atoms with E-state index in [1.165, 1.54) is 24.3 Å². The van der Waals surface area contributed by atoms with E-state index in [4.69, 9.17) is 38.2 Å². The predicted molar refractivity (Wildman–Crippen MR) is 109 cm³/mol. The van der Waals surface area contributed by atoms with Gasteiger partial charge in [-0.1, -0.05) is 58.4 Å². The van der Waals surface area contributed by atoms with Crippen molar-refractivity contribution in [2.45, 2.75) is 10.0 Å². The first kappa shape index (κ1) is 20.6. The van der Waals surface area contributed by atoms with Crippen molar-refractivity contribution in [3.8, 4) is 0 Å². The molecule has 0 saturated heterocycles. The number of carbonyl (C=O) groups is 1. The van der Waals surface area contributed by atoms with Crippen LogP contribution in [0.2, 0.25) is 0 Å². The van der Waals surface area contributed by atoms with E-state index in [-0.39, 0.29) is 11.1 Å². The number of hydrogen-bond donors (Lipinski definition) is 1. The highest BCUT2D eigenvalue weighted by Crippen LogP contribution is 2.38. The van der Waals surface area contributed by atoms with Crippen LogP contribution in [-0.4, -0.2) is 37.7 Å². The Kier molecular flexibility index (Phi) is 5.18. The first-order valence-corrected chi connectivity index (χ1v) is 10.0. The zero-order valence-corrected chi connectivity index (χ0v) is 16.7. The van der Waals surface area contributed by atoms with Gasteiger partial charge in [0, 0.05) is 4.47 Å². The lowest BCUT2D eigenvalue weighted by Gasteiger charge is -2.26. The Morgan fingerprint density at radius 3 is 2.36 bits per heavy atom. The van der Waals surface area contributed by atoms with Crippen LogP contribution in [0.3, 0.4) is 0 Å². The van der Waals surface area contributed by atoms with Crippen LogP contribution < -0.4 is 5.73 Å². The third kappa shape index (κ3) is 3.37. The largest absolute Gasteiger partial charge is 0.467 e. The van der Waals surface area contributed by atoms with Gasteiger partial charge in [0.1, 0.15) is 7.85 Å². The molecule has 28 heavy (non-hydrogen) atoms. The molecule has 0 spiro atoms. The van der Waals surface area contributed by atoms with Crippen LogP contribution in [0.5, 0.6) is 0 Å². The number of ether oxygens (including phenoxy) is 1. The van der Waals surface area contributed by atoms with Crippen molar-refractivity contribution in [2.24, 2.45) is 5.73 Å². The Labute approximate surface area is 175 Å². The molecule has 0 aliphatic carbocycles. The molecular formula is C17H11B3BrNO5S. The minimum atomic E-state index is -4.75. The first-order chi connectivity index (χ1) is 13.0. The SMILES string of the molecule is [B]C([B])(c1ccccc1)S(=O)(=O)OC1=C(N)O[C@]([B])(c2cccc(Br)c2)C1=O. The van der Waals surface area contributed by atoms with Gasteiger partial charge < -0.3 is 14.7 Å². The van der Waals surface area contributed by atoms with Gasteiger partial charge in [-0.3, -0.25) is 4.79 Å². The van der Waals surface area contributed by atoms with E-state index in [1.807, 2.05) is 0 Å². The molecule has 0 bridgehead atoms. The lowest BCUT2D eigenvalue weighted by molar-refractivity contribution is -0.126. The summed E-state index contributed by atoms with van der Waals surface area (Å²) in [7, 11) is 12.9. The maximum atomic E-state index is 12.8. The average Bonchev–Trinajstić information content (AvgIpc) is 2.86. The Balaban J connectivity index is 1.94. The van der Waals surface area contributed by atoms with Gasteiger partial charge >= 0.3 is 10.1 Å². The molecule has 11 heteroatoms. The van der Waals surface area contributed by atoms with Gasteiger partial charge in [0.05, 0.1) is 20.2 Å². The van der Waals surface area contributed by atoms with E-state index in [0.717, 1.165) is 0 Å². The summed E-state index contributed by atoms with van der Waals surface area (Å²) in [5.74, 6) is -2.38. The number of hydrogen-bond acceptors (Lipinski definition) is 6. The molecular weight excluding hydrogens is 443 g/mol. The minimum absolute atomic E-state index is 0.0477. The van der Waals surface area contributed by atoms with Crippen LogP contribution in [0.4, 0.5) is 0 Å². The second-order valence-corrected chi connectivity index (χ2v) is 8.73. The second-order valence-electron chi connectivity index (χ2n) is 6.07. The number of nitrogens with two attached hydrogens (primary N) is 1. The van der Waals surface area contributed by atoms with Gasteiger partial charge in [0.25, 0.3) is 0 Å². The molecule has 0 aromatic heterocycles. The highest BCUT2D eigenvalue weighted by atomic mass is 79.9. The van der Waals surface area contributed by atoms with Gasteiger partial charge in [-0.15, -0.1) is 0 Å². The highest BCUT2D eigenvalue weighted by molar-refractivity contribution is 9.10. The van der Waals surface area contributed by atoms with Crippen molar-refractivity contribution in [3.05, 3.63) is 81.8 Å². The molecule has 6 nitrogen and oxygen atoms in total. The third-order valence-corrected chi connectivity index (χ3v) is 6.07. The molecule has 6 radical (unpaired) electrons. The second kappa shape index (κ2) is 7.04. The fraction of sp³-hybridized carbons (Fsp3) is 0.118. The molecule has 1 heterocycles. The molecule has 0 saturated carbocycles. The predicted octanol–water partition coefficient (Wildman–Crippen LogP) is 0.991. The zero-order chi connectivity index (χ0) is 20.7. The van der Waals surface area contributed by atoms with Crippen molar-refractivity contribution >= 4 is 55.4 Å². The fourth-order valence-corrected chi connectivity index (χ4v) is 3.90. The zero-order valence-electron chi connectivity index (χ0n) is 14.3. The number of ketones is 1. The molecule has 0 unspecified atom stereocenters. The minimum Gasteiger partial charge on any atom is -0.467 e. The summed E-state index contributed by atoms with van der Waals surface area (Å²) in [5.41, 5.74) is 3.91. The van der Waals surface area contributed by atoms with Crippen LogP contribution >= 0.6 is 15.9 Å². The van der Waals surface area contributed by atoms with Crippen LogP contribution in [-0.2, 0) is 33.9 Å². The van der Waals surface area contributed by atoms with Crippen LogP contribution in [0.25, 0.3) is 0 Å². The molecule has 2 aromatic rings. The van der Waals surface area contributed by atoms with Gasteiger partial charge in [-0.25, -0.2) is 0 Å². The fourth-order valence-electron chi connectivity index (χ4n) is 2.56. The molecule has 136 valence electrons. The number of benzene rings is 2. The normalized spacial score (nSPS) is 20.1. The van der Waals surface area contributed by atoms with Crippen molar-refractivity contribution in [1.29, 1.82) is 0 Å². The summed E-state index contributed by atoms with van der Waals surface area (Å²) in [6.45, 7) is 0. The number of Topliss-reactive ketones (excluding diaryl/α,β-unsaturated/α-hetero) is 1. The Bertz CT molecular complexity index is 1080. The number of carbonyl (C=O) groups excluding carboxylic acids is 1. The Morgan fingerprint density at radius 1 is 1.11 bits per heavy atom. The van der Waals surface area contributed by atoms with E-state index in [1.54, 1.807) is 30.3 Å². The topological polar surface area (TPSA) is 95.7 Å². The summed E-state index contributed by atoms with van der Waals surface area (Å²) in [6.07, 6.45) is 0. The number of halogens is 1. The maximum Gasteiger partial charge on any atom is 0.302 e. The van der Waals surface area contributed by atoms with Crippen LogP contribution in [0.15, 0.2) is 70.7 Å². The lowest BCUT2D eigenvalue weighted by atomic mass is 9.65. The standard InChI is InChI=1S/C17H11B3BrNO5S/c18-16(11-7-4-8-12(21)9-11)14(23)13(15(22)26-16)27-28(24,25)17(19,20)10-5-2-1-3-6-10/h1-9H,22H2/t16-/m1/s1.